The Hall–Kier alpha value is -1.59. The molecule has 2 aromatic rings. The van der Waals surface area contributed by atoms with Crippen LogP contribution in [0.25, 0.3) is 11.0 Å². The zero-order chi connectivity index (χ0) is 17.4. The van der Waals surface area contributed by atoms with Gasteiger partial charge < -0.3 is 14.6 Å². The predicted octanol–water partition coefficient (Wildman–Crippen LogP) is 3.23. The second kappa shape index (κ2) is 6.96. The first-order chi connectivity index (χ1) is 12.2. The number of nitrogens with zero attached hydrogens (tertiary/aromatic N) is 2. The molecule has 0 spiro atoms. The van der Waals surface area contributed by atoms with Crippen LogP contribution < -0.4 is 5.69 Å². The molecule has 2 heterocycles. The lowest BCUT2D eigenvalue weighted by atomic mass is 9.90. The van der Waals surface area contributed by atoms with Gasteiger partial charge >= 0.3 is 5.69 Å². The van der Waals surface area contributed by atoms with Gasteiger partial charge in [0.25, 0.3) is 0 Å². The van der Waals surface area contributed by atoms with Gasteiger partial charge in [-0.1, -0.05) is 6.07 Å². The Bertz CT molecular complexity index is 786. The molecule has 2 aliphatic rings. The molecule has 0 radical (unpaired) electrons. The van der Waals surface area contributed by atoms with Crippen molar-refractivity contribution < 1.29 is 4.74 Å². The SMILES string of the molecule is CO[C@@H]1CCC[C@@H](N2CCC(n3c(=O)[nH]c4ccc(C)cc43)CC2)C1. The molecular weight excluding hydrogens is 314 g/mol. The van der Waals surface area contributed by atoms with Crippen LogP contribution in [-0.2, 0) is 4.74 Å². The maximum Gasteiger partial charge on any atom is 0.326 e. The van der Waals surface area contributed by atoms with E-state index < -0.39 is 0 Å². The van der Waals surface area contributed by atoms with Crippen molar-refractivity contribution in [2.45, 2.75) is 63.6 Å². The molecule has 1 aromatic heterocycles. The molecule has 4 rings (SSSR count). The van der Waals surface area contributed by atoms with Crippen LogP contribution in [0.5, 0.6) is 0 Å². The van der Waals surface area contributed by atoms with Crippen molar-refractivity contribution in [3.05, 3.63) is 34.2 Å². The Labute approximate surface area is 149 Å². The van der Waals surface area contributed by atoms with Gasteiger partial charge in [-0.05, 0) is 63.1 Å². The third-order valence-corrected chi connectivity index (χ3v) is 6.19. The highest BCUT2D eigenvalue weighted by Gasteiger charge is 2.31. The molecule has 1 aromatic carbocycles. The Morgan fingerprint density at radius 3 is 2.68 bits per heavy atom. The van der Waals surface area contributed by atoms with Crippen molar-refractivity contribution in [1.29, 1.82) is 0 Å². The minimum Gasteiger partial charge on any atom is -0.381 e. The van der Waals surface area contributed by atoms with Gasteiger partial charge in [0.05, 0.1) is 17.1 Å². The van der Waals surface area contributed by atoms with Crippen molar-refractivity contribution in [1.82, 2.24) is 14.5 Å². The van der Waals surface area contributed by atoms with Crippen LogP contribution in [0, 0.1) is 6.92 Å². The number of benzene rings is 1. The number of H-pyrrole nitrogens is 1. The zero-order valence-corrected chi connectivity index (χ0v) is 15.3. The number of imidazole rings is 1. The van der Waals surface area contributed by atoms with Crippen molar-refractivity contribution >= 4 is 11.0 Å². The molecule has 0 amide bonds. The Morgan fingerprint density at radius 2 is 1.92 bits per heavy atom. The fourth-order valence-corrected chi connectivity index (χ4v) is 4.77. The molecule has 1 saturated carbocycles. The number of aromatic amines is 1. The second-order valence-electron chi connectivity index (χ2n) is 7.77. The summed E-state index contributed by atoms with van der Waals surface area (Å²) >= 11 is 0. The third-order valence-electron chi connectivity index (χ3n) is 6.19. The predicted molar refractivity (Wildman–Crippen MR) is 100 cm³/mol. The molecule has 0 unspecified atom stereocenters. The number of nitrogens with one attached hydrogen (secondary N) is 1. The summed E-state index contributed by atoms with van der Waals surface area (Å²) in [5, 5.41) is 0. The van der Waals surface area contributed by atoms with Crippen LogP contribution >= 0.6 is 0 Å². The van der Waals surface area contributed by atoms with E-state index in [1.807, 2.05) is 17.7 Å². The highest BCUT2D eigenvalue weighted by molar-refractivity contribution is 5.76. The Morgan fingerprint density at radius 1 is 1.12 bits per heavy atom. The lowest BCUT2D eigenvalue weighted by Crippen LogP contribution is -2.45. The smallest absolute Gasteiger partial charge is 0.326 e. The fraction of sp³-hybridized carbons (Fsp3) is 0.650. The molecule has 1 saturated heterocycles. The first kappa shape index (κ1) is 16.9. The van der Waals surface area contributed by atoms with E-state index in [9.17, 15) is 4.79 Å². The molecule has 25 heavy (non-hydrogen) atoms. The summed E-state index contributed by atoms with van der Waals surface area (Å²) in [4.78, 5) is 18.1. The van der Waals surface area contributed by atoms with Gasteiger partial charge in [-0.2, -0.15) is 0 Å². The summed E-state index contributed by atoms with van der Waals surface area (Å²) in [6.45, 7) is 4.24. The van der Waals surface area contributed by atoms with E-state index in [-0.39, 0.29) is 5.69 Å². The monoisotopic (exact) mass is 343 g/mol. The van der Waals surface area contributed by atoms with Crippen LogP contribution in [0.1, 0.15) is 50.1 Å². The maximum atomic E-state index is 12.5. The van der Waals surface area contributed by atoms with Gasteiger partial charge in [0.15, 0.2) is 0 Å². The molecule has 1 aliphatic carbocycles. The largest absolute Gasteiger partial charge is 0.381 e. The molecule has 0 bridgehead atoms. The van der Waals surface area contributed by atoms with E-state index in [1.54, 1.807) is 0 Å². The lowest BCUT2D eigenvalue weighted by molar-refractivity contribution is 0.0184. The number of likely N-dealkylation sites (tertiary alicyclic amines) is 1. The second-order valence-corrected chi connectivity index (χ2v) is 7.77. The van der Waals surface area contributed by atoms with Gasteiger partial charge in [-0.3, -0.25) is 4.57 Å². The summed E-state index contributed by atoms with van der Waals surface area (Å²) in [5.41, 5.74) is 3.25. The highest BCUT2D eigenvalue weighted by atomic mass is 16.5. The normalized spacial score (nSPS) is 26.3. The number of aryl methyl sites for hydroxylation is 1. The van der Waals surface area contributed by atoms with Crippen LogP contribution in [0.2, 0.25) is 0 Å². The summed E-state index contributed by atoms with van der Waals surface area (Å²) in [6.07, 6.45) is 7.45. The van der Waals surface area contributed by atoms with Crippen molar-refractivity contribution in [3.63, 3.8) is 0 Å². The molecule has 1 aliphatic heterocycles. The molecule has 136 valence electrons. The zero-order valence-electron chi connectivity index (χ0n) is 15.3. The van der Waals surface area contributed by atoms with Crippen LogP contribution in [0.15, 0.2) is 23.0 Å². The number of hydrogen-bond acceptors (Lipinski definition) is 3. The average Bonchev–Trinajstić information content (AvgIpc) is 2.97. The van der Waals surface area contributed by atoms with E-state index in [2.05, 4.69) is 28.9 Å². The summed E-state index contributed by atoms with van der Waals surface area (Å²) in [7, 11) is 1.84. The average molecular weight is 343 g/mol. The van der Waals surface area contributed by atoms with Crippen molar-refractivity contribution in [2.24, 2.45) is 0 Å². The molecule has 5 heteroatoms. The minimum atomic E-state index is 0.0381. The molecule has 2 fully saturated rings. The number of methoxy groups -OCH3 is 1. The number of piperidine rings is 1. The van der Waals surface area contributed by atoms with Crippen LogP contribution in [0.3, 0.4) is 0 Å². The summed E-state index contributed by atoms with van der Waals surface area (Å²) in [5.74, 6) is 0. The molecule has 1 N–H and O–H groups in total. The topological polar surface area (TPSA) is 50.3 Å². The quantitative estimate of drug-likeness (QED) is 0.931. The number of rotatable bonds is 3. The van der Waals surface area contributed by atoms with Gasteiger partial charge in [0, 0.05) is 32.3 Å². The van der Waals surface area contributed by atoms with E-state index in [4.69, 9.17) is 4.74 Å². The maximum absolute atomic E-state index is 12.5. The third kappa shape index (κ3) is 3.27. The lowest BCUT2D eigenvalue weighted by Gasteiger charge is -2.41. The van der Waals surface area contributed by atoms with E-state index in [0.717, 1.165) is 43.4 Å². The first-order valence-corrected chi connectivity index (χ1v) is 9.63. The fourth-order valence-electron chi connectivity index (χ4n) is 4.77. The molecular formula is C20H29N3O2. The standard InChI is InChI=1S/C20H29N3O2/c1-14-6-7-18-19(12-14)23(20(24)21-18)15-8-10-22(11-9-15)16-4-3-5-17(13-16)25-2/h6-7,12,15-17H,3-5,8-11,13H2,1-2H3,(H,21,24)/t16-,17-/m1/s1. The van der Waals surface area contributed by atoms with Gasteiger partial charge in [0.2, 0.25) is 0 Å². The number of ether oxygens (including phenoxy) is 1. The molecule has 5 nitrogen and oxygen atoms in total. The minimum absolute atomic E-state index is 0.0381. The summed E-state index contributed by atoms with van der Waals surface area (Å²) < 4.78 is 7.59. The molecule has 2 atom stereocenters. The van der Waals surface area contributed by atoms with Crippen LogP contribution in [-0.4, -0.2) is 46.8 Å². The Kier molecular flexibility index (Phi) is 4.69. The van der Waals surface area contributed by atoms with Gasteiger partial charge in [-0.15, -0.1) is 0 Å². The van der Waals surface area contributed by atoms with Crippen molar-refractivity contribution in [3.8, 4) is 0 Å². The summed E-state index contributed by atoms with van der Waals surface area (Å²) in [6, 6.07) is 7.16. The Balaban J connectivity index is 1.48. The van der Waals surface area contributed by atoms with E-state index in [0.29, 0.717) is 18.2 Å². The van der Waals surface area contributed by atoms with Crippen LogP contribution in [0.4, 0.5) is 0 Å². The van der Waals surface area contributed by atoms with E-state index in [1.165, 1.54) is 24.8 Å². The van der Waals surface area contributed by atoms with Crippen molar-refractivity contribution in [2.75, 3.05) is 20.2 Å². The van der Waals surface area contributed by atoms with Gasteiger partial charge in [-0.25, -0.2) is 4.79 Å². The number of aromatic nitrogens is 2. The first-order valence-electron chi connectivity index (χ1n) is 9.63. The highest BCUT2D eigenvalue weighted by Crippen LogP contribution is 2.31. The van der Waals surface area contributed by atoms with E-state index >= 15 is 0 Å². The number of hydrogen-bond donors (Lipinski definition) is 1. The number of fused-ring (bicyclic) bond motifs is 1. The van der Waals surface area contributed by atoms with Gasteiger partial charge in [0.1, 0.15) is 0 Å².